The molecule has 9 heteroatoms. The maximum absolute atomic E-state index is 13.0. The van der Waals surface area contributed by atoms with Crippen molar-refractivity contribution in [1.29, 1.82) is 0 Å². The van der Waals surface area contributed by atoms with Gasteiger partial charge in [-0.3, -0.25) is 9.59 Å². The number of fused-ring (bicyclic) bond motifs is 2. The van der Waals surface area contributed by atoms with Gasteiger partial charge < -0.3 is 28.8 Å². The van der Waals surface area contributed by atoms with Gasteiger partial charge in [-0.1, -0.05) is 6.07 Å². The molecular formula is C24H24N2O7. The molecule has 0 saturated carbocycles. The number of carbonyl (C=O) groups excluding carboxylic acids is 2. The highest BCUT2D eigenvalue weighted by atomic mass is 16.6. The molecule has 3 aromatic rings. The van der Waals surface area contributed by atoms with Crippen LogP contribution in [0.2, 0.25) is 0 Å². The number of anilines is 1. The molecule has 0 spiro atoms. The maximum atomic E-state index is 13.0. The fourth-order valence-corrected chi connectivity index (χ4v) is 3.49. The third-order valence-electron chi connectivity index (χ3n) is 5.04. The van der Waals surface area contributed by atoms with E-state index < -0.39 is 12.1 Å². The molecule has 4 rings (SSSR count). The molecule has 0 bridgehead atoms. The first kappa shape index (κ1) is 22.2. The van der Waals surface area contributed by atoms with Crippen LogP contribution in [0.25, 0.3) is 10.8 Å². The highest BCUT2D eigenvalue weighted by molar-refractivity contribution is 5.92. The number of hydrogen-bond donors (Lipinski definition) is 1. The summed E-state index contributed by atoms with van der Waals surface area (Å²) in [7, 11) is 0. The summed E-state index contributed by atoms with van der Waals surface area (Å²) >= 11 is 0. The molecule has 2 heterocycles. The van der Waals surface area contributed by atoms with Crippen molar-refractivity contribution >= 4 is 28.3 Å². The van der Waals surface area contributed by atoms with Gasteiger partial charge in [0.15, 0.2) is 17.6 Å². The number of esters is 1. The fourth-order valence-electron chi connectivity index (χ4n) is 3.49. The number of hydrogen-bond acceptors (Lipinski definition) is 7. The quantitative estimate of drug-likeness (QED) is 0.550. The van der Waals surface area contributed by atoms with Crippen LogP contribution in [-0.4, -0.2) is 42.4 Å². The zero-order chi connectivity index (χ0) is 23.4. The predicted molar refractivity (Wildman–Crippen MR) is 121 cm³/mol. The van der Waals surface area contributed by atoms with Crippen LogP contribution in [0.3, 0.4) is 0 Å². The summed E-state index contributed by atoms with van der Waals surface area (Å²) in [6, 6.07) is 11.8. The van der Waals surface area contributed by atoms with Crippen LogP contribution in [0.4, 0.5) is 5.69 Å². The van der Waals surface area contributed by atoms with Crippen LogP contribution < -0.4 is 25.1 Å². The Morgan fingerprint density at radius 1 is 1.09 bits per heavy atom. The summed E-state index contributed by atoms with van der Waals surface area (Å²) in [5.41, 5.74) is 0.195. The number of nitrogens with one attached hydrogen (secondary N) is 1. The minimum absolute atomic E-state index is 0.173. The third-order valence-corrected chi connectivity index (χ3v) is 5.04. The lowest BCUT2D eigenvalue weighted by Crippen LogP contribution is -2.28. The number of aromatic nitrogens is 1. The number of benzene rings is 2. The van der Waals surface area contributed by atoms with Crippen LogP contribution in [0.1, 0.15) is 13.8 Å². The Kier molecular flexibility index (Phi) is 6.48. The lowest BCUT2D eigenvalue weighted by molar-refractivity contribution is -0.150. The summed E-state index contributed by atoms with van der Waals surface area (Å²) in [4.78, 5) is 37.4. The molecule has 1 N–H and O–H groups in total. The topological polar surface area (TPSA) is 105 Å². The van der Waals surface area contributed by atoms with E-state index in [1.165, 1.54) is 10.8 Å². The Morgan fingerprint density at radius 2 is 1.88 bits per heavy atom. The molecular weight excluding hydrogens is 428 g/mol. The second-order valence-corrected chi connectivity index (χ2v) is 7.38. The normalized spacial score (nSPS) is 13.3. The van der Waals surface area contributed by atoms with Crippen molar-refractivity contribution in [2.45, 2.75) is 26.5 Å². The van der Waals surface area contributed by atoms with Crippen molar-refractivity contribution in [2.75, 3.05) is 25.1 Å². The minimum Gasteiger partial charge on any atom is -0.486 e. The maximum Gasteiger partial charge on any atom is 0.347 e. The molecule has 2 aromatic carbocycles. The zero-order valence-corrected chi connectivity index (χ0v) is 18.3. The molecule has 1 amide bonds. The molecule has 0 unspecified atom stereocenters. The van der Waals surface area contributed by atoms with Gasteiger partial charge in [0.1, 0.15) is 25.5 Å². The number of ether oxygens (including phenoxy) is 4. The molecule has 0 saturated heterocycles. The molecule has 33 heavy (non-hydrogen) atoms. The van der Waals surface area contributed by atoms with E-state index in [0.29, 0.717) is 46.9 Å². The second kappa shape index (κ2) is 9.64. The third kappa shape index (κ3) is 4.92. The average molecular weight is 452 g/mol. The van der Waals surface area contributed by atoms with E-state index in [1.807, 2.05) is 0 Å². The van der Waals surface area contributed by atoms with Crippen molar-refractivity contribution in [3.05, 3.63) is 59.0 Å². The summed E-state index contributed by atoms with van der Waals surface area (Å²) in [6.45, 7) is 4.31. The average Bonchev–Trinajstić information content (AvgIpc) is 2.81. The van der Waals surface area contributed by atoms with E-state index in [-0.39, 0.29) is 24.6 Å². The van der Waals surface area contributed by atoms with Gasteiger partial charge in [0.25, 0.3) is 5.56 Å². The van der Waals surface area contributed by atoms with E-state index >= 15 is 0 Å². The van der Waals surface area contributed by atoms with E-state index in [2.05, 4.69) is 5.32 Å². The smallest absolute Gasteiger partial charge is 0.347 e. The van der Waals surface area contributed by atoms with Crippen LogP contribution in [0.5, 0.6) is 17.2 Å². The zero-order valence-electron chi connectivity index (χ0n) is 18.3. The van der Waals surface area contributed by atoms with E-state index in [0.717, 1.165) is 0 Å². The summed E-state index contributed by atoms with van der Waals surface area (Å²) in [6.07, 6.45) is 0.699. The lowest BCUT2D eigenvalue weighted by Gasteiger charge is -2.19. The van der Waals surface area contributed by atoms with E-state index in [9.17, 15) is 14.4 Å². The number of carbonyl (C=O) groups is 2. The van der Waals surface area contributed by atoms with Gasteiger partial charge in [0.2, 0.25) is 5.91 Å². The number of rotatable bonds is 7. The van der Waals surface area contributed by atoms with Crippen LogP contribution in [0, 0.1) is 0 Å². The first-order valence-electron chi connectivity index (χ1n) is 10.6. The van der Waals surface area contributed by atoms with E-state index in [4.69, 9.17) is 18.9 Å². The molecule has 1 atom stereocenters. The Hall–Kier alpha value is -4.01. The highest BCUT2D eigenvalue weighted by Gasteiger charge is 2.18. The van der Waals surface area contributed by atoms with Gasteiger partial charge in [-0.05, 0) is 44.2 Å². The van der Waals surface area contributed by atoms with Crippen LogP contribution in [0.15, 0.2) is 53.5 Å². The summed E-state index contributed by atoms with van der Waals surface area (Å²) in [5, 5.41) is 3.68. The van der Waals surface area contributed by atoms with Gasteiger partial charge in [0.05, 0.1) is 12.0 Å². The van der Waals surface area contributed by atoms with Crippen molar-refractivity contribution in [3.8, 4) is 17.2 Å². The fraction of sp³-hybridized carbons (Fsp3) is 0.292. The molecule has 1 aliphatic heterocycles. The van der Waals surface area contributed by atoms with Crippen molar-refractivity contribution in [1.82, 2.24) is 4.57 Å². The van der Waals surface area contributed by atoms with Crippen molar-refractivity contribution < 1.29 is 28.5 Å². The SMILES string of the molecule is CCOC(=O)[C@H](C)Oc1cccc2c(=O)n(CC(=O)Nc3ccc4c(c3)OCCO4)ccc12. The molecule has 1 aliphatic rings. The van der Waals surface area contributed by atoms with Gasteiger partial charge >= 0.3 is 5.97 Å². The first-order chi connectivity index (χ1) is 16.0. The number of nitrogens with zero attached hydrogens (tertiary/aromatic N) is 1. The minimum atomic E-state index is -0.824. The van der Waals surface area contributed by atoms with E-state index in [1.54, 1.807) is 56.3 Å². The number of amides is 1. The largest absolute Gasteiger partial charge is 0.486 e. The van der Waals surface area contributed by atoms with Crippen LogP contribution in [-0.2, 0) is 20.9 Å². The molecule has 0 fully saturated rings. The predicted octanol–water partition coefficient (Wildman–Crippen LogP) is 2.74. The van der Waals surface area contributed by atoms with Crippen LogP contribution >= 0.6 is 0 Å². The monoisotopic (exact) mass is 452 g/mol. The van der Waals surface area contributed by atoms with Crippen molar-refractivity contribution in [2.24, 2.45) is 0 Å². The van der Waals surface area contributed by atoms with Gasteiger partial charge in [-0.2, -0.15) is 0 Å². The lowest BCUT2D eigenvalue weighted by atomic mass is 10.1. The molecule has 0 aliphatic carbocycles. The first-order valence-corrected chi connectivity index (χ1v) is 10.6. The van der Waals surface area contributed by atoms with Gasteiger partial charge in [-0.15, -0.1) is 0 Å². The Labute approximate surface area is 189 Å². The molecule has 0 radical (unpaired) electrons. The standard InChI is InChI=1S/C24H24N2O7/c1-3-30-24(29)15(2)33-19-6-4-5-18-17(19)9-10-26(23(18)28)14-22(27)25-16-7-8-20-21(13-16)32-12-11-31-20/h4-10,13,15H,3,11-12,14H2,1-2H3,(H,25,27)/t15-/m0/s1. The van der Waals surface area contributed by atoms with Gasteiger partial charge in [-0.25, -0.2) is 4.79 Å². The highest BCUT2D eigenvalue weighted by Crippen LogP contribution is 2.32. The molecule has 1 aromatic heterocycles. The Balaban J connectivity index is 1.50. The molecule has 9 nitrogen and oxygen atoms in total. The summed E-state index contributed by atoms with van der Waals surface area (Å²) in [5.74, 6) is 0.722. The van der Waals surface area contributed by atoms with Gasteiger partial charge in [0, 0.05) is 23.3 Å². The Bertz CT molecular complexity index is 1250. The second-order valence-electron chi connectivity index (χ2n) is 7.38. The Morgan fingerprint density at radius 3 is 2.67 bits per heavy atom. The summed E-state index contributed by atoms with van der Waals surface area (Å²) < 4.78 is 23.0. The van der Waals surface area contributed by atoms with Crippen molar-refractivity contribution in [3.63, 3.8) is 0 Å². The molecule has 172 valence electrons. The number of pyridine rings is 1.